The Morgan fingerprint density at radius 1 is 1.42 bits per heavy atom. The van der Waals surface area contributed by atoms with Crippen molar-refractivity contribution in [1.82, 2.24) is 0 Å². The molecule has 0 saturated carbocycles. The lowest BCUT2D eigenvalue weighted by atomic mass is 10.0. The van der Waals surface area contributed by atoms with Crippen molar-refractivity contribution in [3.63, 3.8) is 0 Å². The predicted octanol–water partition coefficient (Wildman–Crippen LogP) is 2.03. The Morgan fingerprint density at radius 3 is 2.83 bits per heavy atom. The lowest BCUT2D eigenvalue weighted by molar-refractivity contribution is 0.624. The summed E-state index contributed by atoms with van der Waals surface area (Å²) in [6.07, 6.45) is 1.80. The Hall–Kier alpha value is -0.890. The molecule has 0 saturated heterocycles. The zero-order valence-electron chi connectivity index (χ0n) is 7.31. The number of hydrogen-bond acceptors (Lipinski definition) is 1. The summed E-state index contributed by atoms with van der Waals surface area (Å²) in [4.78, 5) is 0. The van der Waals surface area contributed by atoms with Gasteiger partial charge in [0.15, 0.2) is 0 Å². The van der Waals surface area contributed by atoms with Crippen LogP contribution in [0.25, 0.3) is 0 Å². The molecular weight excluding hydrogens is 153 g/mol. The van der Waals surface area contributed by atoms with E-state index in [-0.39, 0.29) is 5.82 Å². The van der Waals surface area contributed by atoms with Gasteiger partial charge in [-0.25, -0.2) is 4.39 Å². The zero-order valence-corrected chi connectivity index (χ0v) is 7.31. The molecule has 0 aliphatic heterocycles. The van der Waals surface area contributed by atoms with Gasteiger partial charge < -0.3 is 5.73 Å². The van der Waals surface area contributed by atoms with E-state index in [4.69, 9.17) is 5.73 Å². The number of aryl methyl sites for hydroxylation is 2. The molecule has 0 heterocycles. The third-order valence-corrected chi connectivity index (χ3v) is 1.96. The number of hydrogen-bond donors (Lipinski definition) is 1. The Bertz CT molecular complexity index is 258. The summed E-state index contributed by atoms with van der Waals surface area (Å²) in [5.41, 5.74) is 7.58. The van der Waals surface area contributed by atoms with Crippen molar-refractivity contribution in [2.24, 2.45) is 5.73 Å². The first kappa shape index (κ1) is 9.20. The van der Waals surface area contributed by atoms with Crippen molar-refractivity contribution in [1.29, 1.82) is 0 Å². The molecule has 12 heavy (non-hydrogen) atoms. The normalized spacial score (nSPS) is 10.2. The molecule has 0 aliphatic rings. The molecule has 0 unspecified atom stereocenters. The monoisotopic (exact) mass is 167 g/mol. The van der Waals surface area contributed by atoms with Crippen molar-refractivity contribution < 1.29 is 4.39 Å². The van der Waals surface area contributed by atoms with Crippen LogP contribution in [-0.2, 0) is 6.42 Å². The van der Waals surface area contributed by atoms with Crippen LogP contribution in [0.15, 0.2) is 18.2 Å². The predicted molar refractivity (Wildman–Crippen MR) is 48.5 cm³/mol. The van der Waals surface area contributed by atoms with Crippen LogP contribution >= 0.6 is 0 Å². The minimum absolute atomic E-state index is 0.160. The highest BCUT2D eigenvalue weighted by Gasteiger charge is 1.98. The molecule has 0 aliphatic carbocycles. The average molecular weight is 167 g/mol. The lowest BCUT2D eigenvalue weighted by Gasteiger charge is -2.03. The maximum Gasteiger partial charge on any atom is 0.123 e. The van der Waals surface area contributed by atoms with Gasteiger partial charge in [0.1, 0.15) is 5.82 Å². The molecule has 1 aromatic rings. The number of nitrogens with two attached hydrogens (primary N) is 1. The Kier molecular flexibility index (Phi) is 3.23. The Labute approximate surface area is 72.4 Å². The van der Waals surface area contributed by atoms with E-state index in [1.807, 2.05) is 6.92 Å². The van der Waals surface area contributed by atoms with Gasteiger partial charge >= 0.3 is 0 Å². The maximum atomic E-state index is 12.7. The molecule has 0 radical (unpaired) electrons. The second kappa shape index (κ2) is 4.21. The molecule has 0 atom stereocenters. The molecule has 0 bridgehead atoms. The van der Waals surface area contributed by atoms with Crippen LogP contribution in [0, 0.1) is 12.7 Å². The van der Waals surface area contributed by atoms with Crippen LogP contribution in [0.5, 0.6) is 0 Å². The molecule has 0 aromatic heterocycles. The van der Waals surface area contributed by atoms with Crippen LogP contribution in [0.4, 0.5) is 4.39 Å². The van der Waals surface area contributed by atoms with E-state index >= 15 is 0 Å². The molecular formula is C10H14FN. The number of benzene rings is 1. The molecule has 1 rings (SSSR count). The molecule has 1 nitrogen and oxygen atoms in total. The second-order valence-corrected chi connectivity index (χ2v) is 2.96. The fourth-order valence-electron chi connectivity index (χ4n) is 1.20. The first-order chi connectivity index (χ1) is 5.74. The molecule has 66 valence electrons. The molecule has 0 spiro atoms. The smallest absolute Gasteiger partial charge is 0.123 e. The summed E-state index contributed by atoms with van der Waals surface area (Å²) in [7, 11) is 0. The first-order valence-corrected chi connectivity index (χ1v) is 4.19. The van der Waals surface area contributed by atoms with Crippen molar-refractivity contribution in [3.8, 4) is 0 Å². The standard InChI is InChI=1S/C10H14FN/c1-8-4-5-10(11)7-9(8)3-2-6-12/h4-5,7H,2-3,6,12H2,1H3. The minimum Gasteiger partial charge on any atom is -0.330 e. The van der Waals surface area contributed by atoms with E-state index in [1.165, 1.54) is 6.07 Å². The summed E-state index contributed by atoms with van der Waals surface area (Å²) in [5.74, 6) is -0.160. The highest BCUT2D eigenvalue weighted by atomic mass is 19.1. The van der Waals surface area contributed by atoms with E-state index in [1.54, 1.807) is 12.1 Å². The highest BCUT2D eigenvalue weighted by Crippen LogP contribution is 2.11. The topological polar surface area (TPSA) is 26.0 Å². The summed E-state index contributed by atoms with van der Waals surface area (Å²) in [6.45, 7) is 2.65. The number of halogens is 1. The molecule has 0 amide bonds. The third kappa shape index (κ3) is 2.31. The fourth-order valence-corrected chi connectivity index (χ4v) is 1.20. The highest BCUT2D eigenvalue weighted by molar-refractivity contribution is 5.26. The van der Waals surface area contributed by atoms with Gasteiger partial charge in [0, 0.05) is 0 Å². The zero-order chi connectivity index (χ0) is 8.97. The van der Waals surface area contributed by atoms with Crippen molar-refractivity contribution in [2.45, 2.75) is 19.8 Å². The van der Waals surface area contributed by atoms with Crippen LogP contribution in [0.3, 0.4) is 0 Å². The van der Waals surface area contributed by atoms with Gasteiger partial charge in [0.05, 0.1) is 0 Å². The van der Waals surface area contributed by atoms with E-state index in [2.05, 4.69) is 0 Å². The summed E-state index contributed by atoms with van der Waals surface area (Å²) < 4.78 is 12.7. The van der Waals surface area contributed by atoms with Crippen LogP contribution in [-0.4, -0.2) is 6.54 Å². The van der Waals surface area contributed by atoms with Crippen molar-refractivity contribution in [2.75, 3.05) is 6.54 Å². The van der Waals surface area contributed by atoms with E-state index in [0.717, 1.165) is 24.0 Å². The molecule has 2 N–H and O–H groups in total. The van der Waals surface area contributed by atoms with Crippen LogP contribution < -0.4 is 5.73 Å². The summed E-state index contributed by atoms with van der Waals surface area (Å²) in [6, 6.07) is 4.88. The number of rotatable bonds is 3. The van der Waals surface area contributed by atoms with Gasteiger partial charge in [0.2, 0.25) is 0 Å². The molecule has 2 heteroatoms. The Balaban J connectivity index is 2.75. The fraction of sp³-hybridized carbons (Fsp3) is 0.400. The molecule has 1 aromatic carbocycles. The summed E-state index contributed by atoms with van der Waals surface area (Å²) in [5, 5.41) is 0. The van der Waals surface area contributed by atoms with Gasteiger partial charge in [-0.1, -0.05) is 6.07 Å². The van der Waals surface area contributed by atoms with Crippen molar-refractivity contribution in [3.05, 3.63) is 35.1 Å². The minimum atomic E-state index is -0.160. The van der Waals surface area contributed by atoms with E-state index in [9.17, 15) is 4.39 Å². The van der Waals surface area contributed by atoms with E-state index < -0.39 is 0 Å². The van der Waals surface area contributed by atoms with Crippen LogP contribution in [0.1, 0.15) is 17.5 Å². The third-order valence-electron chi connectivity index (χ3n) is 1.96. The van der Waals surface area contributed by atoms with Gasteiger partial charge in [-0.15, -0.1) is 0 Å². The van der Waals surface area contributed by atoms with E-state index in [0.29, 0.717) is 6.54 Å². The molecule has 0 fully saturated rings. The average Bonchev–Trinajstić information content (AvgIpc) is 2.07. The Morgan fingerprint density at radius 2 is 2.17 bits per heavy atom. The quantitative estimate of drug-likeness (QED) is 0.732. The van der Waals surface area contributed by atoms with Crippen molar-refractivity contribution >= 4 is 0 Å². The second-order valence-electron chi connectivity index (χ2n) is 2.96. The summed E-state index contributed by atoms with van der Waals surface area (Å²) >= 11 is 0. The van der Waals surface area contributed by atoms with Gasteiger partial charge in [-0.2, -0.15) is 0 Å². The van der Waals surface area contributed by atoms with Gasteiger partial charge in [-0.3, -0.25) is 0 Å². The SMILES string of the molecule is Cc1ccc(F)cc1CCCN. The largest absolute Gasteiger partial charge is 0.330 e. The lowest BCUT2D eigenvalue weighted by Crippen LogP contribution is -2.01. The first-order valence-electron chi connectivity index (χ1n) is 4.19. The van der Waals surface area contributed by atoms with Gasteiger partial charge in [0.25, 0.3) is 0 Å². The van der Waals surface area contributed by atoms with Gasteiger partial charge in [-0.05, 0) is 49.6 Å². The van der Waals surface area contributed by atoms with Crippen LogP contribution in [0.2, 0.25) is 0 Å². The maximum absolute atomic E-state index is 12.7.